The summed E-state index contributed by atoms with van der Waals surface area (Å²) >= 11 is 6.93. The van der Waals surface area contributed by atoms with Crippen LogP contribution in [0.4, 0.5) is 4.39 Å². The van der Waals surface area contributed by atoms with Crippen LogP contribution in [0, 0.1) is 5.82 Å². The summed E-state index contributed by atoms with van der Waals surface area (Å²) in [5.41, 5.74) is 3.33. The second-order valence-electron chi connectivity index (χ2n) is 4.10. The Morgan fingerprint density at radius 2 is 1.78 bits per heavy atom. The molecule has 1 unspecified atom stereocenters. The molecule has 2 rings (SSSR count). The zero-order valence-corrected chi connectivity index (χ0v) is 13.1. The van der Waals surface area contributed by atoms with Crippen LogP contribution in [0.2, 0.25) is 0 Å². The smallest absolute Gasteiger partial charge is 0.137 e. The fourth-order valence-corrected chi connectivity index (χ4v) is 3.31. The maximum Gasteiger partial charge on any atom is 0.137 e. The minimum Gasteiger partial charge on any atom is -0.206 e. The molecule has 0 spiro atoms. The lowest BCUT2D eigenvalue weighted by molar-refractivity contribution is 0.619. The first kappa shape index (κ1) is 13.8. The molecule has 0 saturated heterocycles. The van der Waals surface area contributed by atoms with E-state index in [4.69, 9.17) is 0 Å². The van der Waals surface area contributed by atoms with E-state index < -0.39 is 0 Å². The molecule has 18 heavy (non-hydrogen) atoms. The van der Waals surface area contributed by atoms with Gasteiger partial charge in [0, 0.05) is 0 Å². The summed E-state index contributed by atoms with van der Waals surface area (Å²) in [7, 11) is 0. The number of hydrogen-bond acceptors (Lipinski definition) is 0. The van der Waals surface area contributed by atoms with Crippen molar-refractivity contribution in [2.75, 3.05) is 0 Å². The number of alkyl halides is 1. The van der Waals surface area contributed by atoms with Gasteiger partial charge in [-0.3, -0.25) is 0 Å². The van der Waals surface area contributed by atoms with Crippen molar-refractivity contribution < 1.29 is 4.39 Å². The lowest BCUT2D eigenvalue weighted by atomic mass is 10.0. The summed E-state index contributed by atoms with van der Waals surface area (Å²) in [6.07, 6.45) is 1.02. The molecule has 0 amide bonds. The summed E-state index contributed by atoms with van der Waals surface area (Å²) in [6.45, 7) is 2.13. The Labute approximate surface area is 123 Å². The van der Waals surface area contributed by atoms with E-state index in [0.717, 1.165) is 17.5 Å². The number of aryl methyl sites for hydroxylation is 1. The highest BCUT2D eigenvalue weighted by molar-refractivity contribution is 9.11. The van der Waals surface area contributed by atoms with Crippen LogP contribution in [-0.2, 0) is 6.42 Å². The zero-order chi connectivity index (χ0) is 13.1. The standard InChI is InChI=1S/C15H13Br2F/c1-2-10-6-8-11(9-7-10)14(16)12-4-3-5-13(18)15(12)17/h3-9,14H,2H2,1H3. The van der Waals surface area contributed by atoms with Crippen molar-refractivity contribution in [2.24, 2.45) is 0 Å². The molecule has 0 radical (unpaired) electrons. The quantitative estimate of drug-likeness (QED) is 0.613. The first-order chi connectivity index (χ1) is 8.63. The average Bonchev–Trinajstić information content (AvgIpc) is 2.41. The van der Waals surface area contributed by atoms with Crippen LogP contribution in [0.25, 0.3) is 0 Å². The van der Waals surface area contributed by atoms with E-state index in [1.54, 1.807) is 6.07 Å². The van der Waals surface area contributed by atoms with Gasteiger partial charge in [0.15, 0.2) is 0 Å². The lowest BCUT2D eigenvalue weighted by Crippen LogP contribution is -1.96. The Bertz CT molecular complexity index is 535. The minimum absolute atomic E-state index is 0.00604. The van der Waals surface area contributed by atoms with Crippen molar-refractivity contribution in [1.82, 2.24) is 0 Å². The molecule has 0 aliphatic carbocycles. The Morgan fingerprint density at radius 3 is 2.39 bits per heavy atom. The van der Waals surface area contributed by atoms with Crippen LogP contribution < -0.4 is 0 Å². The molecule has 0 bridgehead atoms. The van der Waals surface area contributed by atoms with Gasteiger partial charge in [-0.25, -0.2) is 4.39 Å². The van der Waals surface area contributed by atoms with Gasteiger partial charge >= 0.3 is 0 Å². The van der Waals surface area contributed by atoms with Crippen molar-refractivity contribution in [3.63, 3.8) is 0 Å². The molecular weight excluding hydrogens is 359 g/mol. The highest BCUT2D eigenvalue weighted by atomic mass is 79.9. The maximum atomic E-state index is 13.5. The normalized spacial score (nSPS) is 12.4. The molecule has 0 heterocycles. The highest BCUT2D eigenvalue weighted by Crippen LogP contribution is 2.36. The Morgan fingerprint density at radius 1 is 1.11 bits per heavy atom. The lowest BCUT2D eigenvalue weighted by Gasteiger charge is -2.13. The van der Waals surface area contributed by atoms with E-state index in [9.17, 15) is 4.39 Å². The summed E-state index contributed by atoms with van der Waals surface area (Å²) in [4.78, 5) is -0.00604. The Kier molecular flexibility index (Phi) is 4.57. The minimum atomic E-state index is -0.234. The highest BCUT2D eigenvalue weighted by Gasteiger charge is 2.15. The number of hydrogen-bond donors (Lipinski definition) is 0. The third kappa shape index (κ3) is 2.83. The van der Waals surface area contributed by atoms with E-state index in [1.807, 2.05) is 6.07 Å². The molecular formula is C15H13Br2F. The summed E-state index contributed by atoms with van der Waals surface area (Å²) in [6, 6.07) is 13.5. The van der Waals surface area contributed by atoms with Crippen molar-refractivity contribution in [2.45, 2.75) is 18.2 Å². The molecule has 0 fully saturated rings. The molecule has 0 N–H and O–H groups in total. The van der Waals surface area contributed by atoms with Gasteiger partial charge in [-0.15, -0.1) is 0 Å². The van der Waals surface area contributed by atoms with Crippen molar-refractivity contribution in [3.8, 4) is 0 Å². The topological polar surface area (TPSA) is 0 Å². The molecule has 0 aliphatic rings. The van der Waals surface area contributed by atoms with Gasteiger partial charge in [0.25, 0.3) is 0 Å². The van der Waals surface area contributed by atoms with Gasteiger partial charge in [0.05, 0.1) is 9.30 Å². The fraction of sp³-hybridized carbons (Fsp3) is 0.200. The maximum absolute atomic E-state index is 13.5. The largest absolute Gasteiger partial charge is 0.206 e. The number of halogens is 3. The third-order valence-corrected chi connectivity index (χ3v) is 4.79. The first-order valence-electron chi connectivity index (χ1n) is 5.80. The summed E-state index contributed by atoms with van der Waals surface area (Å²) in [5, 5.41) is 0. The van der Waals surface area contributed by atoms with E-state index in [0.29, 0.717) is 4.47 Å². The summed E-state index contributed by atoms with van der Waals surface area (Å²) < 4.78 is 14.0. The van der Waals surface area contributed by atoms with Gasteiger partial charge in [-0.1, -0.05) is 59.3 Å². The van der Waals surface area contributed by atoms with Gasteiger partial charge in [-0.05, 0) is 45.1 Å². The number of rotatable bonds is 3. The van der Waals surface area contributed by atoms with Crippen molar-refractivity contribution >= 4 is 31.9 Å². The van der Waals surface area contributed by atoms with Crippen molar-refractivity contribution in [1.29, 1.82) is 0 Å². The Hall–Kier alpha value is -0.670. The zero-order valence-electron chi connectivity index (χ0n) is 9.96. The first-order valence-corrected chi connectivity index (χ1v) is 7.51. The van der Waals surface area contributed by atoms with E-state index in [1.165, 1.54) is 11.6 Å². The van der Waals surface area contributed by atoms with Crippen LogP contribution in [0.15, 0.2) is 46.9 Å². The predicted octanol–water partition coefficient (Wildman–Crippen LogP) is 5.63. The molecule has 2 aromatic carbocycles. The second kappa shape index (κ2) is 5.98. The van der Waals surface area contributed by atoms with E-state index in [2.05, 4.69) is 63.0 Å². The molecule has 0 nitrogen and oxygen atoms in total. The van der Waals surface area contributed by atoms with Gasteiger partial charge < -0.3 is 0 Å². The van der Waals surface area contributed by atoms with Crippen LogP contribution in [0.3, 0.4) is 0 Å². The fourth-order valence-electron chi connectivity index (χ4n) is 1.82. The van der Waals surface area contributed by atoms with Gasteiger partial charge in [0.1, 0.15) is 5.82 Å². The third-order valence-electron chi connectivity index (χ3n) is 2.94. The van der Waals surface area contributed by atoms with Gasteiger partial charge in [-0.2, -0.15) is 0 Å². The predicted molar refractivity (Wildman–Crippen MR) is 80.7 cm³/mol. The average molecular weight is 372 g/mol. The Balaban J connectivity index is 2.35. The van der Waals surface area contributed by atoms with Gasteiger partial charge in [0.2, 0.25) is 0 Å². The second-order valence-corrected chi connectivity index (χ2v) is 5.81. The SMILES string of the molecule is CCc1ccc(C(Br)c2cccc(F)c2Br)cc1. The van der Waals surface area contributed by atoms with Crippen LogP contribution >= 0.6 is 31.9 Å². The van der Waals surface area contributed by atoms with Crippen LogP contribution in [0.5, 0.6) is 0 Å². The van der Waals surface area contributed by atoms with Crippen LogP contribution in [0.1, 0.15) is 28.4 Å². The molecule has 3 heteroatoms. The molecule has 0 aromatic heterocycles. The molecule has 0 saturated carbocycles. The van der Waals surface area contributed by atoms with Crippen LogP contribution in [-0.4, -0.2) is 0 Å². The molecule has 94 valence electrons. The van der Waals surface area contributed by atoms with Crippen molar-refractivity contribution in [3.05, 3.63) is 69.4 Å². The number of benzene rings is 2. The van der Waals surface area contributed by atoms with E-state index >= 15 is 0 Å². The molecule has 2 aromatic rings. The monoisotopic (exact) mass is 370 g/mol. The molecule has 1 atom stereocenters. The molecule has 0 aliphatic heterocycles. The summed E-state index contributed by atoms with van der Waals surface area (Å²) in [5.74, 6) is -0.234. The van der Waals surface area contributed by atoms with E-state index in [-0.39, 0.29) is 10.6 Å².